The Hall–Kier alpha value is -1.05. The third-order valence-electron chi connectivity index (χ3n) is 2.98. The predicted octanol–water partition coefficient (Wildman–Crippen LogP) is 1.02. The van der Waals surface area contributed by atoms with Crippen molar-refractivity contribution in [3.63, 3.8) is 0 Å². The lowest BCUT2D eigenvalue weighted by atomic mass is 10.2. The highest BCUT2D eigenvalue weighted by Crippen LogP contribution is 2.25. The van der Waals surface area contributed by atoms with Crippen molar-refractivity contribution in [1.29, 1.82) is 0 Å². The summed E-state index contributed by atoms with van der Waals surface area (Å²) in [6, 6.07) is 8.38. The lowest BCUT2D eigenvalue weighted by Crippen LogP contribution is -2.43. The molecule has 7 heteroatoms. The van der Waals surface area contributed by atoms with Crippen LogP contribution in [-0.2, 0) is 21.2 Å². The van der Waals surface area contributed by atoms with Gasteiger partial charge in [0.25, 0.3) is 0 Å². The second-order valence-electron chi connectivity index (χ2n) is 4.29. The van der Waals surface area contributed by atoms with Crippen LogP contribution >= 0.6 is 11.8 Å². The highest BCUT2D eigenvalue weighted by Gasteiger charge is 2.38. The lowest BCUT2D eigenvalue weighted by Gasteiger charge is -2.19. The summed E-state index contributed by atoms with van der Waals surface area (Å²) in [5.74, 6) is -0.580. The maximum atomic E-state index is 12.2. The molecule has 0 bridgehead atoms. The molecule has 1 aliphatic heterocycles. The lowest BCUT2D eigenvalue weighted by molar-refractivity contribution is -0.140. The second-order valence-corrected chi connectivity index (χ2v) is 7.33. The molecule has 0 spiro atoms. The molecule has 0 amide bonds. The number of hydrogen-bond acceptors (Lipinski definition) is 4. The van der Waals surface area contributed by atoms with Crippen molar-refractivity contribution >= 4 is 27.8 Å². The van der Waals surface area contributed by atoms with Crippen molar-refractivity contribution in [3.05, 3.63) is 35.9 Å². The van der Waals surface area contributed by atoms with E-state index in [0.717, 1.165) is 9.87 Å². The number of carbonyl (C=O) groups is 1. The SMILES string of the molecule is O=C(O)C1CSCN1S(=O)(=O)CCc1ccccc1. The van der Waals surface area contributed by atoms with Crippen molar-refractivity contribution < 1.29 is 18.3 Å². The van der Waals surface area contributed by atoms with E-state index >= 15 is 0 Å². The van der Waals surface area contributed by atoms with Crippen LogP contribution in [-0.4, -0.2) is 47.2 Å². The molecule has 5 nitrogen and oxygen atoms in total. The molecule has 1 aliphatic rings. The minimum Gasteiger partial charge on any atom is -0.480 e. The molecule has 1 N–H and O–H groups in total. The van der Waals surface area contributed by atoms with Gasteiger partial charge in [0, 0.05) is 5.75 Å². The monoisotopic (exact) mass is 301 g/mol. The molecule has 0 radical (unpaired) electrons. The van der Waals surface area contributed by atoms with Crippen molar-refractivity contribution in [2.75, 3.05) is 17.4 Å². The molecule has 104 valence electrons. The first-order chi connectivity index (χ1) is 9.00. The molecule has 1 heterocycles. The number of carboxylic acids is 1. The number of carboxylic acid groups (broad SMARTS) is 1. The van der Waals surface area contributed by atoms with Gasteiger partial charge in [-0.25, -0.2) is 8.42 Å². The number of rotatable bonds is 5. The Balaban J connectivity index is 2.04. The molecule has 19 heavy (non-hydrogen) atoms. The number of sulfonamides is 1. The summed E-state index contributed by atoms with van der Waals surface area (Å²) in [6.07, 6.45) is 0.399. The van der Waals surface area contributed by atoms with Gasteiger partial charge in [-0.1, -0.05) is 30.3 Å². The summed E-state index contributed by atoms with van der Waals surface area (Å²) < 4.78 is 25.4. The third-order valence-corrected chi connectivity index (χ3v) is 5.97. The van der Waals surface area contributed by atoms with E-state index < -0.39 is 22.0 Å². The molecule has 1 aromatic rings. The summed E-state index contributed by atoms with van der Waals surface area (Å²) >= 11 is 1.33. The minimum absolute atomic E-state index is 0.0542. The van der Waals surface area contributed by atoms with Crippen LogP contribution < -0.4 is 0 Å². The second kappa shape index (κ2) is 5.94. The number of aliphatic carboxylic acids is 1. The largest absolute Gasteiger partial charge is 0.480 e. The van der Waals surface area contributed by atoms with Crippen LogP contribution in [0, 0.1) is 0 Å². The predicted molar refractivity (Wildman–Crippen MR) is 74.5 cm³/mol. The molecular weight excluding hydrogens is 286 g/mol. The Kier molecular flexibility index (Phi) is 4.49. The molecule has 1 saturated heterocycles. The fraction of sp³-hybridized carbons (Fsp3) is 0.417. The van der Waals surface area contributed by atoms with E-state index in [0.29, 0.717) is 12.2 Å². The molecule has 1 atom stereocenters. The Labute approximate surface area is 116 Å². The van der Waals surface area contributed by atoms with E-state index in [-0.39, 0.29) is 11.6 Å². The number of benzene rings is 1. The normalized spacial score (nSPS) is 20.5. The number of thioether (sulfide) groups is 1. The van der Waals surface area contributed by atoms with E-state index in [9.17, 15) is 13.2 Å². The van der Waals surface area contributed by atoms with Crippen LogP contribution in [0.3, 0.4) is 0 Å². The van der Waals surface area contributed by atoms with Crippen molar-refractivity contribution in [2.24, 2.45) is 0 Å². The smallest absolute Gasteiger partial charge is 0.322 e. The van der Waals surface area contributed by atoms with Gasteiger partial charge < -0.3 is 5.11 Å². The first kappa shape index (κ1) is 14.4. The average molecular weight is 301 g/mol. The fourth-order valence-electron chi connectivity index (χ4n) is 1.90. The van der Waals surface area contributed by atoms with E-state index in [1.165, 1.54) is 11.8 Å². The van der Waals surface area contributed by atoms with Crippen LogP contribution in [0.15, 0.2) is 30.3 Å². The molecule has 0 aromatic heterocycles. The van der Waals surface area contributed by atoms with E-state index in [1.54, 1.807) is 0 Å². The molecule has 2 rings (SSSR count). The van der Waals surface area contributed by atoms with Gasteiger partial charge in [0.15, 0.2) is 0 Å². The molecule has 0 aliphatic carbocycles. The molecule has 1 unspecified atom stereocenters. The van der Waals surface area contributed by atoms with Gasteiger partial charge in [0.05, 0.1) is 11.6 Å². The van der Waals surface area contributed by atoms with E-state index in [2.05, 4.69) is 0 Å². The van der Waals surface area contributed by atoms with E-state index in [4.69, 9.17) is 5.11 Å². The van der Waals surface area contributed by atoms with Crippen LogP contribution in [0.2, 0.25) is 0 Å². The quantitative estimate of drug-likeness (QED) is 0.879. The summed E-state index contributed by atoms with van der Waals surface area (Å²) in [5, 5.41) is 9.01. The summed E-state index contributed by atoms with van der Waals surface area (Å²) in [5.41, 5.74) is 0.935. The van der Waals surface area contributed by atoms with Crippen LogP contribution in [0.4, 0.5) is 0 Å². The molecule has 0 saturated carbocycles. The summed E-state index contributed by atoms with van der Waals surface area (Å²) in [4.78, 5) is 11.0. The standard InChI is InChI=1S/C12H15NO4S2/c14-12(15)11-8-18-9-13(11)19(16,17)7-6-10-4-2-1-3-5-10/h1-5,11H,6-9H2,(H,14,15). The van der Waals surface area contributed by atoms with Gasteiger partial charge in [-0.2, -0.15) is 4.31 Å². The number of hydrogen-bond donors (Lipinski definition) is 1. The van der Waals surface area contributed by atoms with E-state index in [1.807, 2.05) is 30.3 Å². The van der Waals surface area contributed by atoms with Crippen LogP contribution in [0.25, 0.3) is 0 Å². The molecule has 1 aromatic carbocycles. The summed E-state index contributed by atoms with van der Waals surface area (Å²) in [6.45, 7) is 0. The van der Waals surface area contributed by atoms with Crippen LogP contribution in [0.5, 0.6) is 0 Å². The van der Waals surface area contributed by atoms with Gasteiger partial charge in [-0.3, -0.25) is 4.79 Å². The highest BCUT2D eigenvalue weighted by molar-refractivity contribution is 8.00. The van der Waals surface area contributed by atoms with Crippen molar-refractivity contribution in [2.45, 2.75) is 12.5 Å². The maximum Gasteiger partial charge on any atom is 0.322 e. The molecular formula is C12H15NO4S2. The Bertz CT molecular complexity index is 544. The number of aryl methyl sites for hydroxylation is 1. The highest BCUT2D eigenvalue weighted by atomic mass is 32.2. The zero-order valence-corrected chi connectivity index (χ0v) is 11.9. The van der Waals surface area contributed by atoms with Crippen LogP contribution in [0.1, 0.15) is 5.56 Å². The molecule has 1 fully saturated rings. The topological polar surface area (TPSA) is 74.7 Å². The fourth-order valence-corrected chi connectivity index (χ4v) is 5.16. The Morgan fingerprint density at radius 1 is 1.37 bits per heavy atom. The summed E-state index contributed by atoms with van der Waals surface area (Å²) in [7, 11) is -3.52. The van der Waals surface area contributed by atoms with Gasteiger partial charge in [-0.15, -0.1) is 11.8 Å². The van der Waals surface area contributed by atoms with Crippen molar-refractivity contribution in [3.8, 4) is 0 Å². The van der Waals surface area contributed by atoms with Crippen molar-refractivity contribution in [1.82, 2.24) is 4.31 Å². The Morgan fingerprint density at radius 2 is 2.05 bits per heavy atom. The Morgan fingerprint density at radius 3 is 2.68 bits per heavy atom. The minimum atomic E-state index is -3.52. The van der Waals surface area contributed by atoms with Gasteiger partial charge in [0.1, 0.15) is 6.04 Å². The van der Waals surface area contributed by atoms with Gasteiger partial charge in [0.2, 0.25) is 10.0 Å². The maximum absolute atomic E-state index is 12.2. The zero-order chi connectivity index (χ0) is 13.9. The average Bonchev–Trinajstić information content (AvgIpc) is 2.88. The third kappa shape index (κ3) is 3.49. The zero-order valence-electron chi connectivity index (χ0n) is 10.2. The first-order valence-corrected chi connectivity index (χ1v) is 8.61. The number of nitrogens with zero attached hydrogens (tertiary/aromatic N) is 1. The first-order valence-electron chi connectivity index (χ1n) is 5.85. The van der Waals surface area contributed by atoms with Gasteiger partial charge >= 0.3 is 5.97 Å². The van der Waals surface area contributed by atoms with Gasteiger partial charge in [-0.05, 0) is 12.0 Å².